The predicted octanol–water partition coefficient (Wildman–Crippen LogP) is 5.83. The van der Waals surface area contributed by atoms with Crippen molar-refractivity contribution in [3.63, 3.8) is 0 Å². The number of carbonyl (C=O) groups is 3. The van der Waals surface area contributed by atoms with Gasteiger partial charge in [0.15, 0.2) is 5.13 Å². The van der Waals surface area contributed by atoms with Gasteiger partial charge >= 0.3 is 11.9 Å². The van der Waals surface area contributed by atoms with Crippen LogP contribution in [0.1, 0.15) is 65.6 Å². The van der Waals surface area contributed by atoms with Gasteiger partial charge in [0.2, 0.25) is 0 Å². The van der Waals surface area contributed by atoms with Gasteiger partial charge in [-0.2, -0.15) is 0 Å². The molecule has 1 aromatic heterocycles. The molecular weight excluding hydrogens is 532 g/mol. The molecule has 10 heteroatoms. The van der Waals surface area contributed by atoms with E-state index in [0.29, 0.717) is 41.5 Å². The van der Waals surface area contributed by atoms with Crippen molar-refractivity contribution in [3.8, 4) is 11.5 Å². The van der Waals surface area contributed by atoms with E-state index >= 15 is 0 Å². The van der Waals surface area contributed by atoms with E-state index in [1.54, 1.807) is 55.5 Å². The van der Waals surface area contributed by atoms with Gasteiger partial charge in [-0.15, -0.1) is 0 Å². The lowest BCUT2D eigenvalue weighted by molar-refractivity contribution is -0.132. The van der Waals surface area contributed by atoms with Gasteiger partial charge in [0.1, 0.15) is 22.1 Å². The molecule has 0 aliphatic carbocycles. The van der Waals surface area contributed by atoms with Gasteiger partial charge in [-0.05, 0) is 49.6 Å². The topological polar surface area (TPSA) is 115 Å². The number of esters is 1. The van der Waals surface area contributed by atoms with Crippen molar-refractivity contribution in [1.82, 2.24) is 4.98 Å². The zero-order valence-corrected chi connectivity index (χ0v) is 23.7. The molecule has 1 fully saturated rings. The largest absolute Gasteiger partial charge is 0.507 e. The number of anilines is 1. The Hall–Kier alpha value is -4.18. The first-order valence-electron chi connectivity index (χ1n) is 13.1. The average Bonchev–Trinajstić information content (AvgIpc) is 3.47. The van der Waals surface area contributed by atoms with Crippen molar-refractivity contribution >= 4 is 39.9 Å². The molecule has 0 saturated carbocycles. The number of hydrogen-bond donors (Lipinski definition) is 1. The van der Waals surface area contributed by atoms with Crippen molar-refractivity contribution in [2.75, 3.05) is 25.2 Å². The predicted molar refractivity (Wildman–Crippen MR) is 152 cm³/mol. The molecule has 1 N–H and O–H groups in total. The number of hydrogen-bond acceptors (Lipinski definition) is 9. The zero-order chi connectivity index (χ0) is 28.8. The fourth-order valence-corrected chi connectivity index (χ4v) is 5.31. The lowest BCUT2D eigenvalue weighted by Gasteiger charge is -2.23. The zero-order valence-electron chi connectivity index (χ0n) is 22.9. The van der Waals surface area contributed by atoms with Crippen LogP contribution in [0, 0.1) is 6.92 Å². The highest BCUT2D eigenvalue weighted by Gasteiger charge is 2.48. The first-order valence-corrected chi connectivity index (χ1v) is 13.9. The van der Waals surface area contributed by atoms with Crippen LogP contribution in [0.5, 0.6) is 11.5 Å². The van der Waals surface area contributed by atoms with Gasteiger partial charge < -0.3 is 19.3 Å². The third kappa shape index (κ3) is 5.86. The number of carbonyl (C=O) groups excluding carboxylic acids is 3. The van der Waals surface area contributed by atoms with Crippen LogP contribution in [-0.4, -0.2) is 48.1 Å². The molecule has 0 spiro atoms. The van der Waals surface area contributed by atoms with Crippen LogP contribution in [0.4, 0.5) is 5.13 Å². The minimum absolute atomic E-state index is 0.0922. The van der Waals surface area contributed by atoms with Crippen LogP contribution >= 0.6 is 11.3 Å². The quantitative estimate of drug-likeness (QED) is 0.102. The molecule has 2 aromatic carbocycles. The maximum atomic E-state index is 13.5. The molecule has 0 bridgehead atoms. The number of nitrogens with zero attached hydrogens (tertiary/aromatic N) is 2. The van der Waals surface area contributed by atoms with Crippen LogP contribution in [0.2, 0.25) is 0 Å². The van der Waals surface area contributed by atoms with Crippen molar-refractivity contribution < 1.29 is 33.7 Å². The number of aryl methyl sites for hydroxylation is 1. The van der Waals surface area contributed by atoms with E-state index in [0.717, 1.165) is 30.6 Å². The number of rotatable bonds is 11. The molecule has 1 unspecified atom stereocenters. The first kappa shape index (κ1) is 28.8. The molecule has 40 heavy (non-hydrogen) atoms. The Morgan fingerprint density at radius 2 is 1.75 bits per heavy atom. The number of aliphatic hydroxyl groups excluding tert-OH is 1. The summed E-state index contributed by atoms with van der Waals surface area (Å²) in [5.74, 6) is -1.47. The highest BCUT2D eigenvalue weighted by Crippen LogP contribution is 2.44. The highest BCUT2D eigenvalue weighted by molar-refractivity contribution is 7.17. The van der Waals surface area contributed by atoms with Crippen molar-refractivity contribution in [1.29, 1.82) is 0 Å². The first-order chi connectivity index (χ1) is 19.3. The summed E-state index contributed by atoms with van der Waals surface area (Å²) in [6.07, 6.45) is 2.69. The van der Waals surface area contributed by atoms with Gasteiger partial charge in [0.25, 0.3) is 5.78 Å². The van der Waals surface area contributed by atoms with E-state index in [-0.39, 0.29) is 21.3 Å². The number of aromatic nitrogens is 1. The third-order valence-corrected chi connectivity index (χ3v) is 7.49. The Balaban J connectivity index is 1.84. The summed E-state index contributed by atoms with van der Waals surface area (Å²) < 4.78 is 16.3. The molecule has 1 saturated heterocycles. The minimum atomic E-state index is -0.999. The molecule has 0 radical (unpaired) electrons. The standard InChI is InChI=1S/C30H32N2O7S/c1-5-7-16-39-22-10-8-9-20(17-22)25(33)23-24(19-11-13-21(14-12-19)38-15-6-2)32(28(35)26(23)34)30-31-18(3)27(40-30)29(36)37-4/h8-14,17,24,33H,5-7,15-16H2,1-4H3. The van der Waals surface area contributed by atoms with Crippen molar-refractivity contribution in [2.45, 2.75) is 46.1 Å². The van der Waals surface area contributed by atoms with Crippen LogP contribution in [0.25, 0.3) is 5.76 Å². The van der Waals surface area contributed by atoms with Gasteiger partial charge in [-0.3, -0.25) is 14.5 Å². The van der Waals surface area contributed by atoms with Crippen molar-refractivity contribution in [3.05, 3.63) is 75.8 Å². The number of Topliss-reactive ketones (excluding diaryl/α,β-unsaturated/α-hetero) is 1. The van der Waals surface area contributed by atoms with E-state index < -0.39 is 23.7 Å². The molecular formula is C30H32N2O7S. The summed E-state index contributed by atoms with van der Waals surface area (Å²) in [6.45, 7) is 6.75. The number of ether oxygens (including phenoxy) is 3. The summed E-state index contributed by atoms with van der Waals surface area (Å²) in [6, 6.07) is 12.8. The van der Waals surface area contributed by atoms with E-state index in [9.17, 15) is 19.5 Å². The number of amides is 1. The Labute approximate surface area is 237 Å². The molecule has 4 rings (SSSR count). The molecule has 9 nitrogen and oxygen atoms in total. The normalized spacial score (nSPS) is 16.3. The van der Waals surface area contributed by atoms with Crippen LogP contribution < -0.4 is 14.4 Å². The Morgan fingerprint density at radius 3 is 2.42 bits per heavy atom. The van der Waals surface area contributed by atoms with Crippen LogP contribution in [0.15, 0.2) is 54.1 Å². The second kappa shape index (κ2) is 12.8. The molecule has 3 aromatic rings. The maximum absolute atomic E-state index is 13.5. The fourth-order valence-electron chi connectivity index (χ4n) is 4.30. The third-order valence-electron chi connectivity index (χ3n) is 6.35. The Morgan fingerprint density at radius 1 is 1.02 bits per heavy atom. The molecule has 1 amide bonds. The lowest BCUT2D eigenvalue weighted by Crippen LogP contribution is -2.29. The summed E-state index contributed by atoms with van der Waals surface area (Å²) in [4.78, 5) is 45.1. The number of unbranched alkanes of at least 4 members (excludes halogenated alkanes) is 1. The smallest absolute Gasteiger partial charge is 0.350 e. The Bertz CT molecular complexity index is 1430. The van der Waals surface area contributed by atoms with E-state index in [4.69, 9.17) is 14.2 Å². The summed E-state index contributed by atoms with van der Waals surface area (Å²) in [7, 11) is 1.26. The fraction of sp³-hybridized carbons (Fsp3) is 0.333. The van der Waals surface area contributed by atoms with E-state index in [1.165, 1.54) is 12.0 Å². The second-order valence-electron chi connectivity index (χ2n) is 9.22. The summed E-state index contributed by atoms with van der Waals surface area (Å²) in [5, 5.41) is 11.6. The number of thiazole rings is 1. The van der Waals surface area contributed by atoms with Crippen molar-refractivity contribution in [2.24, 2.45) is 0 Å². The van der Waals surface area contributed by atoms with Gasteiger partial charge in [-0.25, -0.2) is 9.78 Å². The Kier molecular flexibility index (Phi) is 9.21. The lowest BCUT2D eigenvalue weighted by atomic mass is 9.95. The number of methoxy groups -OCH3 is 1. The number of benzene rings is 2. The molecule has 1 aliphatic heterocycles. The van der Waals surface area contributed by atoms with Crippen LogP contribution in [0.3, 0.4) is 0 Å². The highest BCUT2D eigenvalue weighted by atomic mass is 32.1. The summed E-state index contributed by atoms with van der Waals surface area (Å²) in [5.41, 5.74) is 1.18. The average molecular weight is 565 g/mol. The molecule has 1 atom stereocenters. The molecule has 1 aliphatic rings. The molecule has 210 valence electrons. The summed E-state index contributed by atoms with van der Waals surface area (Å²) >= 11 is 0.949. The van der Waals surface area contributed by atoms with Gasteiger partial charge in [-0.1, -0.05) is 55.9 Å². The van der Waals surface area contributed by atoms with Crippen LogP contribution in [-0.2, 0) is 14.3 Å². The minimum Gasteiger partial charge on any atom is -0.507 e. The van der Waals surface area contributed by atoms with E-state index in [1.807, 2.05) is 6.92 Å². The number of aliphatic hydroxyl groups is 1. The van der Waals surface area contributed by atoms with Gasteiger partial charge in [0, 0.05) is 5.56 Å². The maximum Gasteiger partial charge on any atom is 0.350 e. The second-order valence-corrected chi connectivity index (χ2v) is 10.2. The monoisotopic (exact) mass is 564 g/mol. The number of ketones is 1. The SMILES string of the molecule is CCCCOc1cccc(C(O)=C2C(=O)C(=O)N(c3nc(C)c(C(=O)OC)s3)C2c2ccc(OCCC)cc2)c1. The molecule has 2 heterocycles. The van der Waals surface area contributed by atoms with Gasteiger partial charge in [0.05, 0.1) is 37.6 Å². The van der Waals surface area contributed by atoms with E-state index in [2.05, 4.69) is 11.9 Å².